The third-order valence-corrected chi connectivity index (χ3v) is 4.73. The fraction of sp³-hybridized carbons (Fsp3) is 0.667. The van der Waals surface area contributed by atoms with Gasteiger partial charge in [-0.15, -0.1) is 0 Å². The van der Waals surface area contributed by atoms with Gasteiger partial charge in [0.25, 0.3) is 0 Å². The minimum atomic E-state index is 0.0323. The Balaban J connectivity index is 1.70. The Morgan fingerprint density at radius 1 is 1.15 bits per heavy atom. The van der Waals surface area contributed by atoms with Crippen molar-refractivity contribution in [2.24, 2.45) is 10.9 Å². The first-order valence-corrected chi connectivity index (χ1v) is 10.0. The normalized spacial score (nSPS) is 17.6. The first-order valence-electron chi connectivity index (χ1n) is 10.0. The number of piperidine rings is 1. The van der Waals surface area contributed by atoms with E-state index in [-0.39, 0.29) is 6.10 Å². The van der Waals surface area contributed by atoms with Gasteiger partial charge in [-0.2, -0.15) is 0 Å². The lowest BCUT2D eigenvalue weighted by atomic mass is 10.0. The summed E-state index contributed by atoms with van der Waals surface area (Å²) in [6.07, 6.45) is 2.35. The predicted octanol–water partition coefficient (Wildman–Crippen LogP) is 2.75. The van der Waals surface area contributed by atoms with Crippen LogP contribution in [0.3, 0.4) is 0 Å². The molecular formula is C21H36N4O2. The quantitative estimate of drug-likeness (QED) is 0.540. The Hall–Kier alpha value is -1.95. The number of hydrogen-bond donors (Lipinski definition) is 2. The first-order chi connectivity index (χ1) is 13.0. The number of nitrogens with one attached hydrogen (secondary N) is 2. The number of aliphatic imine (C=N–C) groups is 1. The molecule has 0 radical (unpaired) electrons. The van der Waals surface area contributed by atoms with Crippen molar-refractivity contribution in [2.45, 2.75) is 45.8 Å². The van der Waals surface area contributed by atoms with Crippen molar-refractivity contribution in [3.05, 3.63) is 24.3 Å². The zero-order valence-electron chi connectivity index (χ0n) is 17.5. The average Bonchev–Trinajstić information content (AvgIpc) is 2.66. The van der Waals surface area contributed by atoms with E-state index < -0.39 is 0 Å². The zero-order valence-corrected chi connectivity index (χ0v) is 17.5. The van der Waals surface area contributed by atoms with Crippen molar-refractivity contribution in [3.63, 3.8) is 0 Å². The SMILES string of the molecule is CN=C(NCC(C)Oc1ccc(OC)cc1)NC1CCN(CC(C)C)CC1. The Morgan fingerprint density at radius 3 is 2.33 bits per heavy atom. The second-order valence-electron chi connectivity index (χ2n) is 7.67. The maximum absolute atomic E-state index is 5.94. The Bertz CT molecular complexity index is 566. The van der Waals surface area contributed by atoms with Crippen LogP contribution in [0.25, 0.3) is 0 Å². The lowest BCUT2D eigenvalue weighted by Crippen LogP contribution is -2.50. The molecule has 0 amide bonds. The van der Waals surface area contributed by atoms with Gasteiger partial charge in [0.2, 0.25) is 0 Å². The number of rotatable bonds is 8. The van der Waals surface area contributed by atoms with Crippen LogP contribution in [0.4, 0.5) is 0 Å². The first kappa shape index (κ1) is 21.4. The Labute approximate surface area is 164 Å². The van der Waals surface area contributed by atoms with Crippen LogP contribution in [0.15, 0.2) is 29.3 Å². The molecule has 2 rings (SSSR count). The van der Waals surface area contributed by atoms with E-state index in [2.05, 4.69) is 41.3 Å². The molecule has 1 heterocycles. The van der Waals surface area contributed by atoms with Crippen LogP contribution < -0.4 is 20.1 Å². The van der Waals surface area contributed by atoms with E-state index in [0.717, 1.165) is 49.3 Å². The van der Waals surface area contributed by atoms with Gasteiger partial charge in [0.15, 0.2) is 5.96 Å². The van der Waals surface area contributed by atoms with Crippen LogP contribution in [-0.2, 0) is 0 Å². The predicted molar refractivity (Wildman–Crippen MR) is 112 cm³/mol. The molecule has 1 aliphatic rings. The third kappa shape index (κ3) is 7.67. The number of guanidine groups is 1. The summed E-state index contributed by atoms with van der Waals surface area (Å²) in [6.45, 7) is 10.8. The number of hydrogen-bond acceptors (Lipinski definition) is 4. The highest BCUT2D eigenvalue weighted by atomic mass is 16.5. The van der Waals surface area contributed by atoms with Gasteiger partial charge in [-0.3, -0.25) is 4.99 Å². The van der Waals surface area contributed by atoms with Crippen LogP contribution in [0.2, 0.25) is 0 Å². The van der Waals surface area contributed by atoms with Gasteiger partial charge in [-0.25, -0.2) is 0 Å². The number of benzene rings is 1. The zero-order chi connectivity index (χ0) is 19.6. The topological polar surface area (TPSA) is 58.1 Å². The van der Waals surface area contributed by atoms with Crippen molar-refractivity contribution in [1.82, 2.24) is 15.5 Å². The van der Waals surface area contributed by atoms with E-state index in [9.17, 15) is 0 Å². The molecular weight excluding hydrogens is 340 g/mol. The van der Waals surface area contributed by atoms with Crippen LogP contribution in [0.5, 0.6) is 11.5 Å². The summed E-state index contributed by atoms with van der Waals surface area (Å²) < 4.78 is 11.1. The molecule has 1 unspecified atom stereocenters. The van der Waals surface area contributed by atoms with E-state index in [1.807, 2.05) is 31.3 Å². The van der Waals surface area contributed by atoms with Crippen LogP contribution >= 0.6 is 0 Å². The van der Waals surface area contributed by atoms with Gasteiger partial charge in [0.1, 0.15) is 17.6 Å². The molecule has 0 aliphatic carbocycles. The molecule has 1 fully saturated rings. The van der Waals surface area contributed by atoms with Crippen LogP contribution in [0, 0.1) is 5.92 Å². The summed E-state index contributed by atoms with van der Waals surface area (Å²) in [6, 6.07) is 8.14. The minimum absolute atomic E-state index is 0.0323. The maximum Gasteiger partial charge on any atom is 0.191 e. The molecule has 1 aromatic rings. The molecule has 6 heteroatoms. The lowest BCUT2D eigenvalue weighted by molar-refractivity contribution is 0.186. The minimum Gasteiger partial charge on any atom is -0.497 e. The van der Waals surface area contributed by atoms with E-state index in [1.165, 1.54) is 6.54 Å². The second kappa shape index (κ2) is 11.0. The van der Waals surface area contributed by atoms with Crippen molar-refractivity contribution < 1.29 is 9.47 Å². The highest BCUT2D eigenvalue weighted by Crippen LogP contribution is 2.18. The van der Waals surface area contributed by atoms with Gasteiger partial charge < -0.3 is 25.0 Å². The molecule has 27 heavy (non-hydrogen) atoms. The van der Waals surface area contributed by atoms with E-state index in [1.54, 1.807) is 7.11 Å². The number of nitrogens with zero attached hydrogens (tertiary/aromatic N) is 2. The summed E-state index contributed by atoms with van der Waals surface area (Å²) in [7, 11) is 3.48. The fourth-order valence-corrected chi connectivity index (χ4v) is 3.33. The van der Waals surface area contributed by atoms with E-state index >= 15 is 0 Å². The fourth-order valence-electron chi connectivity index (χ4n) is 3.33. The Morgan fingerprint density at radius 2 is 1.78 bits per heavy atom. The molecule has 2 N–H and O–H groups in total. The van der Waals surface area contributed by atoms with Gasteiger partial charge in [-0.05, 0) is 49.9 Å². The molecule has 0 bridgehead atoms. The number of methoxy groups -OCH3 is 1. The van der Waals surface area contributed by atoms with Crippen LogP contribution in [0.1, 0.15) is 33.6 Å². The van der Waals surface area contributed by atoms with Gasteiger partial charge in [0, 0.05) is 32.7 Å². The van der Waals surface area contributed by atoms with Crippen molar-refractivity contribution in [3.8, 4) is 11.5 Å². The third-order valence-electron chi connectivity index (χ3n) is 4.73. The van der Waals surface area contributed by atoms with Crippen molar-refractivity contribution in [2.75, 3.05) is 40.3 Å². The molecule has 0 saturated carbocycles. The molecule has 1 saturated heterocycles. The average molecular weight is 377 g/mol. The number of likely N-dealkylation sites (tertiary alicyclic amines) is 1. The van der Waals surface area contributed by atoms with Gasteiger partial charge in [0.05, 0.1) is 13.7 Å². The lowest BCUT2D eigenvalue weighted by Gasteiger charge is -2.34. The standard InChI is InChI=1S/C21H36N4O2/c1-16(2)15-25-12-10-18(11-13-25)24-21(22-4)23-14-17(3)27-20-8-6-19(26-5)7-9-20/h6-9,16-18H,10-15H2,1-5H3,(H2,22,23,24). The molecule has 1 aliphatic heterocycles. The monoisotopic (exact) mass is 376 g/mol. The number of ether oxygens (including phenoxy) is 2. The highest BCUT2D eigenvalue weighted by molar-refractivity contribution is 5.80. The second-order valence-corrected chi connectivity index (χ2v) is 7.67. The van der Waals surface area contributed by atoms with Crippen molar-refractivity contribution >= 4 is 5.96 Å². The molecule has 0 spiro atoms. The molecule has 6 nitrogen and oxygen atoms in total. The summed E-state index contributed by atoms with van der Waals surface area (Å²) in [5.74, 6) is 3.25. The van der Waals surface area contributed by atoms with E-state index in [4.69, 9.17) is 9.47 Å². The maximum atomic E-state index is 5.94. The van der Waals surface area contributed by atoms with Gasteiger partial charge in [-0.1, -0.05) is 13.8 Å². The summed E-state index contributed by atoms with van der Waals surface area (Å²) in [4.78, 5) is 6.92. The van der Waals surface area contributed by atoms with Crippen molar-refractivity contribution in [1.29, 1.82) is 0 Å². The Kier molecular flexibility index (Phi) is 8.72. The highest BCUT2D eigenvalue weighted by Gasteiger charge is 2.20. The van der Waals surface area contributed by atoms with Gasteiger partial charge >= 0.3 is 0 Å². The largest absolute Gasteiger partial charge is 0.497 e. The molecule has 1 atom stereocenters. The molecule has 152 valence electrons. The summed E-state index contributed by atoms with van der Waals surface area (Å²) >= 11 is 0. The van der Waals surface area contributed by atoms with Crippen LogP contribution in [-0.4, -0.2) is 63.3 Å². The molecule has 0 aromatic heterocycles. The molecule has 1 aromatic carbocycles. The summed E-state index contributed by atoms with van der Waals surface area (Å²) in [5.41, 5.74) is 0. The summed E-state index contributed by atoms with van der Waals surface area (Å²) in [5, 5.41) is 6.93. The van der Waals surface area contributed by atoms with E-state index in [0.29, 0.717) is 12.6 Å². The smallest absolute Gasteiger partial charge is 0.191 e.